The molecule has 65 heavy (non-hydrogen) atoms. The molecule has 5 aromatic heterocycles. The van der Waals surface area contributed by atoms with Gasteiger partial charge >= 0.3 is 0 Å². The maximum absolute atomic E-state index is 2.69. The SMILES string of the molecule is CCCCCCCCc1csc(-c2sc(-c3sc(-c4sc(-c5sccc5CCCCCCCC)cc4CCCCCCCC)cc3CCCCCCCC)cc2CCCCCCCC)c1. The maximum atomic E-state index is 2.69. The predicted octanol–water partition coefficient (Wildman–Crippen LogP) is 23.2. The van der Waals surface area contributed by atoms with Gasteiger partial charge in [0.2, 0.25) is 0 Å². The second kappa shape index (κ2) is 33.1. The average molecular weight is 974 g/mol. The third-order valence-corrected chi connectivity index (χ3v) is 19.9. The number of thiophene rings is 5. The summed E-state index contributed by atoms with van der Waals surface area (Å²) < 4.78 is 0. The molecular weight excluding hydrogens is 881 g/mol. The highest BCUT2D eigenvalue weighted by Crippen LogP contribution is 2.50. The molecule has 0 aliphatic carbocycles. The molecule has 0 aromatic carbocycles. The highest BCUT2D eigenvalue weighted by Gasteiger charge is 2.22. The molecule has 5 rings (SSSR count). The van der Waals surface area contributed by atoms with E-state index in [2.05, 4.69) is 110 Å². The molecule has 5 aromatic rings. The third-order valence-electron chi connectivity index (χ3n) is 13.7. The van der Waals surface area contributed by atoms with Crippen molar-refractivity contribution in [2.75, 3.05) is 0 Å². The zero-order valence-electron chi connectivity index (χ0n) is 42.3. The largest absolute Gasteiger partial charge is 0.143 e. The summed E-state index contributed by atoms with van der Waals surface area (Å²) in [6.45, 7) is 11.7. The fourth-order valence-corrected chi connectivity index (χ4v) is 15.8. The monoisotopic (exact) mass is 973 g/mol. The smallest absolute Gasteiger partial charge is 0.0481 e. The molecule has 0 amide bonds. The van der Waals surface area contributed by atoms with Crippen LogP contribution in [-0.2, 0) is 32.1 Å². The Kier molecular flexibility index (Phi) is 27.7. The molecule has 0 saturated carbocycles. The number of unbranched alkanes of at least 4 members (excludes halogenated alkanes) is 25. The zero-order chi connectivity index (χ0) is 45.7. The number of hydrogen-bond acceptors (Lipinski definition) is 5. The van der Waals surface area contributed by atoms with Gasteiger partial charge in [-0.1, -0.05) is 195 Å². The van der Waals surface area contributed by atoms with Crippen molar-refractivity contribution < 1.29 is 0 Å². The first kappa shape index (κ1) is 54.4. The van der Waals surface area contributed by atoms with Crippen molar-refractivity contribution in [3.05, 3.63) is 68.9 Å². The molecule has 5 heterocycles. The lowest BCUT2D eigenvalue weighted by molar-refractivity contribution is 0.607. The van der Waals surface area contributed by atoms with Crippen LogP contribution >= 0.6 is 56.7 Å². The minimum Gasteiger partial charge on any atom is -0.143 e. The molecule has 0 aliphatic heterocycles. The van der Waals surface area contributed by atoms with Gasteiger partial charge in [-0.05, 0) is 133 Å². The van der Waals surface area contributed by atoms with Gasteiger partial charge < -0.3 is 0 Å². The van der Waals surface area contributed by atoms with Crippen LogP contribution in [0.4, 0.5) is 0 Å². The van der Waals surface area contributed by atoms with Gasteiger partial charge in [0.15, 0.2) is 0 Å². The topological polar surface area (TPSA) is 0 Å². The highest BCUT2D eigenvalue weighted by atomic mass is 32.1. The van der Waals surface area contributed by atoms with E-state index in [1.165, 1.54) is 244 Å². The first-order chi connectivity index (χ1) is 32.1. The van der Waals surface area contributed by atoms with Gasteiger partial charge in [-0.3, -0.25) is 0 Å². The lowest BCUT2D eigenvalue weighted by Gasteiger charge is -2.03. The van der Waals surface area contributed by atoms with Crippen LogP contribution in [0.2, 0.25) is 0 Å². The van der Waals surface area contributed by atoms with Crippen LogP contribution in [0.1, 0.15) is 255 Å². The summed E-state index contributed by atoms with van der Waals surface area (Å²) in [6, 6.07) is 13.0. The summed E-state index contributed by atoms with van der Waals surface area (Å²) >= 11 is 10.4. The van der Waals surface area contributed by atoms with E-state index in [9.17, 15) is 0 Å². The number of aryl methyl sites for hydroxylation is 5. The van der Waals surface area contributed by atoms with E-state index < -0.39 is 0 Å². The fraction of sp³-hybridized carbons (Fsp3) is 0.667. The van der Waals surface area contributed by atoms with Crippen molar-refractivity contribution in [1.82, 2.24) is 0 Å². The van der Waals surface area contributed by atoms with E-state index in [0.717, 1.165) is 0 Å². The van der Waals surface area contributed by atoms with Gasteiger partial charge in [0, 0.05) is 39.0 Å². The first-order valence-electron chi connectivity index (χ1n) is 27.6. The Morgan fingerprint density at radius 1 is 0.292 bits per heavy atom. The van der Waals surface area contributed by atoms with E-state index in [1.807, 2.05) is 22.7 Å². The number of rotatable bonds is 39. The number of hydrogen-bond donors (Lipinski definition) is 0. The van der Waals surface area contributed by atoms with Crippen LogP contribution in [-0.4, -0.2) is 0 Å². The Hall–Kier alpha value is -1.50. The van der Waals surface area contributed by atoms with E-state index >= 15 is 0 Å². The van der Waals surface area contributed by atoms with E-state index in [-0.39, 0.29) is 0 Å². The molecule has 0 aliphatic rings. The zero-order valence-corrected chi connectivity index (χ0v) is 46.4. The van der Waals surface area contributed by atoms with Crippen LogP contribution in [0, 0.1) is 0 Å². The summed E-state index contributed by atoms with van der Waals surface area (Å²) in [5.41, 5.74) is 8.01. The molecule has 0 bridgehead atoms. The van der Waals surface area contributed by atoms with E-state index in [0.29, 0.717) is 0 Å². The molecule has 0 N–H and O–H groups in total. The summed E-state index contributed by atoms with van der Waals surface area (Å²) in [7, 11) is 0. The van der Waals surface area contributed by atoms with Crippen molar-refractivity contribution in [2.24, 2.45) is 0 Å². The van der Waals surface area contributed by atoms with Crippen molar-refractivity contribution in [2.45, 2.75) is 259 Å². The van der Waals surface area contributed by atoms with Gasteiger partial charge in [0.1, 0.15) is 0 Å². The Bertz CT molecular complexity index is 1940. The molecule has 0 radical (unpaired) electrons. The Balaban J connectivity index is 1.47. The van der Waals surface area contributed by atoms with Crippen LogP contribution in [0.3, 0.4) is 0 Å². The van der Waals surface area contributed by atoms with Crippen LogP contribution in [0.15, 0.2) is 41.1 Å². The standard InChI is InChI=1S/C60H92S5/c1-6-11-16-21-26-31-36-48-43-53(62-47-48)58-50(38-33-28-23-18-13-8-3)45-55(64-58)60-52(40-35-30-25-20-15-10-5)46-56(65-60)59-51(39-34-29-24-19-14-9-4)44-54(63-59)57-49(41-42-61-57)37-32-27-22-17-12-7-2/h41-47H,6-40H2,1-5H3. The third kappa shape index (κ3) is 19.1. The van der Waals surface area contributed by atoms with Crippen molar-refractivity contribution >= 4 is 56.7 Å². The minimum atomic E-state index is 1.21. The van der Waals surface area contributed by atoms with Gasteiger partial charge in [0.05, 0.1) is 0 Å². The van der Waals surface area contributed by atoms with Crippen LogP contribution in [0.5, 0.6) is 0 Å². The molecule has 0 saturated heterocycles. The lowest BCUT2D eigenvalue weighted by atomic mass is 10.0. The van der Waals surface area contributed by atoms with Gasteiger partial charge in [0.25, 0.3) is 0 Å². The maximum Gasteiger partial charge on any atom is 0.0481 e. The van der Waals surface area contributed by atoms with Crippen molar-refractivity contribution in [3.8, 4) is 39.0 Å². The first-order valence-corrected chi connectivity index (χ1v) is 31.8. The molecule has 0 nitrogen and oxygen atoms in total. The average Bonchev–Trinajstić information content (AvgIpc) is 4.18. The Labute approximate surface area is 420 Å². The molecule has 0 unspecified atom stereocenters. The molecule has 362 valence electrons. The second-order valence-corrected chi connectivity index (χ2v) is 24.6. The van der Waals surface area contributed by atoms with Gasteiger partial charge in [-0.25, -0.2) is 0 Å². The van der Waals surface area contributed by atoms with Crippen molar-refractivity contribution in [1.29, 1.82) is 0 Å². The summed E-state index contributed by atoms with van der Waals surface area (Å²) in [5, 5.41) is 4.87. The normalized spacial score (nSPS) is 11.8. The predicted molar refractivity (Wildman–Crippen MR) is 303 cm³/mol. The summed E-state index contributed by atoms with van der Waals surface area (Å²) in [5.74, 6) is 0. The van der Waals surface area contributed by atoms with E-state index in [1.54, 1.807) is 47.3 Å². The Morgan fingerprint density at radius 3 is 1.02 bits per heavy atom. The van der Waals surface area contributed by atoms with Gasteiger partial charge in [-0.15, -0.1) is 56.7 Å². The van der Waals surface area contributed by atoms with Crippen LogP contribution in [0.25, 0.3) is 39.0 Å². The summed E-state index contributed by atoms with van der Waals surface area (Å²) in [6.07, 6.45) is 46.9. The van der Waals surface area contributed by atoms with Crippen molar-refractivity contribution in [3.63, 3.8) is 0 Å². The van der Waals surface area contributed by atoms with E-state index in [4.69, 9.17) is 0 Å². The Morgan fingerprint density at radius 2 is 0.615 bits per heavy atom. The van der Waals surface area contributed by atoms with Crippen LogP contribution < -0.4 is 0 Å². The molecule has 0 spiro atoms. The molecule has 0 fully saturated rings. The molecule has 0 atom stereocenters. The fourth-order valence-electron chi connectivity index (χ4n) is 9.67. The minimum absolute atomic E-state index is 1.21. The van der Waals surface area contributed by atoms with Gasteiger partial charge in [-0.2, -0.15) is 0 Å². The quantitative estimate of drug-likeness (QED) is 0.0344. The molecular formula is C60H92S5. The highest BCUT2D eigenvalue weighted by molar-refractivity contribution is 7.29. The molecule has 5 heteroatoms. The lowest BCUT2D eigenvalue weighted by Crippen LogP contribution is -1.87. The second-order valence-electron chi connectivity index (χ2n) is 19.6. The summed E-state index contributed by atoms with van der Waals surface area (Å²) in [4.78, 5) is 12.4.